The van der Waals surface area contributed by atoms with Gasteiger partial charge < -0.3 is 5.11 Å². The van der Waals surface area contributed by atoms with Crippen molar-refractivity contribution < 1.29 is 18.7 Å². The van der Waals surface area contributed by atoms with Crippen molar-refractivity contribution in [2.75, 3.05) is 0 Å². The van der Waals surface area contributed by atoms with Crippen LogP contribution in [0.25, 0.3) is 5.69 Å². The molecule has 0 aliphatic rings. The summed E-state index contributed by atoms with van der Waals surface area (Å²) in [5.74, 6) is -2.94. The lowest BCUT2D eigenvalue weighted by Gasteiger charge is -2.03. The average Bonchev–Trinajstić information content (AvgIpc) is 2.64. The van der Waals surface area contributed by atoms with Crippen molar-refractivity contribution in [1.82, 2.24) is 9.78 Å². The van der Waals surface area contributed by atoms with Crippen LogP contribution >= 0.6 is 0 Å². The van der Waals surface area contributed by atoms with E-state index < -0.39 is 28.9 Å². The third-order valence-corrected chi connectivity index (χ3v) is 2.10. The maximum absolute atomic E-state index is 13.4. The van der Waals surface area contributed by atoms with Crippen LogP contribution in [-0.2, 0) is 0 Å². The SMILES string of the molecule is O=C(O)c1cc(=O)n(-c2cc(F)ccc2F)[nH]1. The highest BCUT2D eigenvalue weighted by molar-refractivity contribution is 5.85. The largest absolute Gasteiger partial charge is 0.477 e. The normalized spacial score (nSPS) is 10.5. The van der Waals surface area contributed by atoms with Gasteiger partial charge in [-0.25, -0.2) is 18.3 Å². The van der Waals surface area contributed by atoms with Gasteiger partial charge in [0.05, 0.1) is 0 Å². The molecule has 88 valence electrons. The molecule has 0 unspecified atom stereocenters. The third kappa shape index (κ3) is 1.94. The van der Waals surface area contributed by atoms with Gasteiger partial charge in [0.15, 0.2) is 0 Å². The molecule has 0 saturated carbocycles. The van der Waals surface area contributed by atoms with Crippen LogP contribution in [0.4, 0.5) is 8.78 Å². The molecule has 2 rings (SSSR count). The van der Waals surface area contributed by atoms with Crippen LogP contribution in [0.1, 0.15) is 10.5 Å². The lowest BCUT2D eigenvalue weighted by molar-refractivity contribution is 0.0690. The van der Waals surface area contributed by atoms with E-state index in [-0.39, 0.29) is 5.69 Å². The smallest absolute Gasteiger partial charge is 0.353 e. The maximum Gasteiger partial charge on any atom is 0.353 e. The zero-order valence-corrected chi connectivity index (χ0v) is 8.28. The topological polar surface area (TPSA) is 75.1 Å². The van der Waals surface area contributed by atoms with Crippen molar-refractivity contribution in [1.29, 1.82) is 0 Å². The van der Waals surface area contributed by atoms with Gasteiger partial charge in [-0.1, -0.05) is 0 Å². The predicted molar refractivity (Wildman–Crippen MR) is 53.3 cm³/mol. The molecule has 7 heteroatoms. The Morgan fingerprint density at radius 1 is 1.29 bits per heavy atom. The van der Waals surface area contributed by atoms with Crippen molar-refractivity contribution in [3.63, 3.8) is 0 Å². The Balaban J connectivity index is 2.64. The molecule has 1 aromatic heterocycles. The summed E-state index contributed by atoms with van der Waals surface area (Å²) in [7, 11) is 0. The number of hydrogen-bond donors (Lipinski definition) is 2. The van der Waals surface area contributed by atoms with Crippen molar-refractivity contribution in [2.45, 2.75) is 0 Å². The quantitative estimate of drug-likeness (QED) is 0.826. The highest BCUT2D eigenvalue weighted by Crippen LogP contribution is 2.12. The Morgan fingerprint density at radius 3 is 2.59 bits per heavy atom. The molecule has 0 atom stereocenters. The summed E-state index contributed by atoms with van der Waals surface area (Å²) >= 11 is 0. The molecule has 0 radical (unpaired) electrons. The fourth-order valence-corrected chi connectivity index (χ4v) is 1.34. The molecule has 0 fully saturated rings. The summed E-state index contributed by atoms with van der Waals surface area (Å²) in [5, 5.41) is 10.8. The minimum Gasteiger partial charge on any atom is -0.477 e. The first kappa shape index (κ1) is 11.1. The number of halogens is 2. The van der Waals surface area contributed by atoms with Crippen molar-refractivity contribution in [2.24, 2.45) is 0 Å². The number of carboxylic acids is 1. The fraction of sp³-hybridized carbons (Fsp3) is 0. The summed E-state index contributed by atoms with van der Waals surface area (Å²) in [6, 6.07) is 3.31. The van der Waals surface area contributed by atoms with Gasteiger partial charge in [0.1, 0.15) is 23.0 Å². The molecule has 2 aromatic rings. The number of aromatic nitrogens is 2. The second-order valence-corrected chi connectivity index (χ2v) is 3.24. The van der Waals surface area contributed by atoms with Crippen LogP contribution in [0.5, 0.6) is 0 Å². The number of H-pyrrole nitrogens is 1. The predicted octanol–water partition coefficient (Wildman–Crippen LogP) is 1.14. The second kappa shape index (κ2) is 3.85. The monoisotopic (exact) mass is 240 g/mol. The molecule has 17 heavy (non-hydrogen) atoms. The number of nitrogens with one attached hydrogen (secondary N) is 1. The van der Waals surface area contributed by atoms with Gasteiger partial charge in [-0.2, -0.15) is 0 Å². The molecule has 1 heterocycles. The van der Waals surface area contributed by atoms with Gasteiger partial charge >= 0.3 is 5.97 Å². The molecule has 2 N–H and O–H groups in total. The van der Waals surface area contributed by atoms with E-state index in [1.807, 2.05) is 0 Å². The van der Waals surface area contributed by atoms with Crippen molar-refractivity contribution in [3.05, 3.63) is 51.9 Å². The Kier molecular flexibility index (Phi) is 2.51. The minimum absolute atomic E-state index is 0.373. The van der Waals surface area contributed by atoms with Crippen molar-refractivity contribution in [3.8, 4) is 5.69 Å². The number of aromatic carboxylic acids is 1. The number of benzene rings is 1. The van der Waals surface area contributed by atoms with E-state index in [0.29, 0.717) is 4.68 Å². The van der Waals surface area contributed by atoms with E-state index >= 15 is 0 Å². The van der Waals surface area contributed by atoms with E-state index in [1.54, 1.807) is 0 Å². The number of hydrogen-bond acceptors (Lipinski definition) is 2. The Hall–Kier alpha value is -2.44. The lowest BCUT2D eigenvalue weighted by atomic mass is 10.3. The van der Waals surface area contributed by atoms with Gasteiger partial charge in [0.25, 0.3) is 5.56 Å². The Bertz CT molecular complexity index is 645. The highest BCUT2D eigenvalue weighted by atomic mass is 19.1. The molecular formula is C10H6F2N2O3. The molecule has 0 aliphatic heterocycles. The van der Waals surface area contributed by atoms with Crippen LogP contribution < -0.4 is 5.56 Å². The maximum atomic E-state index is 13.4. The molecule has 0 amide bonds. The number of nitrogens with zero attached hydrogens (tertiary/aromatic N) is 1. The van der Waals surface area contributed by atoms with Crippen LogP contribution in [-0.4, -0.2) is 20.9 Å². The van der Waals surface area contributed by atoms with Gasteiger partial charge in [-0.15, -0.1) is 0 Å². The number of aromatic amines is 1. The first-order valence-corrected chi connectivity index (χ1v) is 4.50. The van der Waals surface area contributed by atoms with Gasteiger partial charge in [-0.05, 0) is 12.1 Å². The standard InChI is InChI=1S/C10H6F2N2O3/c11-5-1-2-6(12)8(3-5)14-9(15)4-7(13-14)10(16)17/h1-4,13H,(H,16,17). The Morgan fingerprint density at radius 2 is 2.00 bits per heavy atom. The fourth-order valence-electron chi connectivity index (χ4n) is 1.34. The molecular weight excluding hydrogens is 234 g/mol. The number of rotatable bonds is 2. The van der Waals surface area contributed by atoms with Gasteiger partial charge in [-0.3, -0.25) is 9.89 Å². The van der Waals surface area contributed by atoms with Gasteiger partial charge in [0, 0.05) is 12.1 Å². The third-order valence-electron chi connectivity index (χ3n) is 2.10. The average molecular weight is 240 g/mol. The molecule has 0 bridgehead atoms. The second-order valence-electron chi connectivity index (χ2n) is 3.24. The van der Waals surface area contributed by atoms with E-state index in [9.17, 15) is 18.4 Å². The first-order chi connectivity index (χ1) is 7.99. The summed E-state index contributed by atoms with van der Waals surface area (Å²) < 4.78 is 26.9. The molecule has 0 aliphatic carbocycles. The van der Waals surface area contributed by atoms with Crippen LogP contribution in [0, 0.1) is 11.6 Å². The summed E-state index contributed by atoms with van der Waals surface area (Å²) in [6.45, 7) is 0. The van der Waals surface area contributed by atoms with Crippen LogP contribution in [0.3, 0.4) is 0 Å². The zero-order chi connectivity index (χ0) is 12.6. The number of carboxylic acid groups (broad SMARTS) is 1. The van der Waals surface area contributed by atoms with Crippen LogP contribution in [0.15, 0.2) is 29.1 Å². The van der Waals surface area contributed by atoms with Crippen LogP contribution in [0.2, 0.25) is 0 Å². The Labute approximate surface area is 92.9 Å². The van der Waals surface area contributed by atoms with E-state index in [1.165, 1.54) is 0 Å². The first-order valence-electron chi connectivity index (χ1n) is 4.50. The van der Waals surface area contributed by atoms with E-state index in [2.05, 4.69) is 5.10 Å². The zero-order valence-electron chi connectivity index (χ0n) is 8.28. The van der Waals surface area contributed by atoms with Gasteiger partial charge in [0.2, 0.25) is 0 Å². The summed E-state index contributed by atoms with van der Waals surface area (Å²) in [5.41, 5.74) is -1.56. The molecule has 0 saturated heterocycles. The molecule has 1 aromatic carbocycles. The molecule has 0 spiro atoms. The lowest BCUT2D eigenvalue weighted by Crippen LogP contribution is -2.15. The highest BCUT2D eigenvalue weighted by Gasteiger charge is 2.13. The van der Waals surface area contributed by atoms with E-state index in [4.69, 9.17) is 5.11 Å². The van der Waals surface area contributed by atoms with Crippen molar-refractivity contribution >= 4 is 5.97 Å². The number of carbonyl (C=O) groups is 1. The summed E-state index contributed by atoms with van der Waals surface area (Å²) in [4.78, 5) is 22.0. The summed E-state index contributed by atoms with van der Waals surface area (Å²) in [6.07, 6.45) is 0. The van der Waals surface area contributed by atoms with E-state index in [0.717, 1.165) is 24.3 Å². The molecule has 5 nitrogen and oxygen atoms in total. The minimum atomic E-state index is -1.36.